The standard InChI is InChI=1S/C17H21ClN4O5/c18-13-4-2-1-3-11(13)9-27-10-12(23)7-22-15(24)14-8-20(16(19)25)5-6-21(14)17(22)26/h1-4,12,14,23H,5-10H2,(H2,19,25)/t12-,14-/m1/s1. The highest BCUT2D eigenvalue weighted by Gasteiger charge is 2.48. The number of nitrogens with zero attached hydrogens (tertiary/aromatic N) is 3. The van der Waals surface area contributed by atoms with Crippen LogP contribution in [0.25, 0.3) is 0 Å². The smallest absolute Gasteiger partial charge is 0.327 e. The Morgan fingerprint density at radius 2 is 2.07 bits per heavy atom. The summed E-state index contributed by atoms with van der Waals surface area (Å²) in [6, 6.07) is 5.33. The predicted molar refractivity (Wildman–Crippen MR) is 95.9 cm³/mol. The number of carbonyl (C=O) groups is 3. The molecule has 146 valence electrons. The number of aliphatic hydroxyl groups is 1. The number of halogens is 1. The van der Waals surface area contributed by atoms with Gasteiger partial charge in [0, 0.05) is 18.1 Å². The van der Waals surface area contributed by atoms with Crippen LogP contribution in [-0.2, 0) is 16.1 Å². The number of primary amides is 1. The molecule has 2 heterocycles. The van der Waals surface area contributed by atoms with Gasteiger partial charge in [-0.2, -0.15) is 0 Å². The third-order valence-corrected chi connectivity index (χ3v) is 5.01. The van der Waals surface area contributed by atoms with Gasteiger partial charge in [-0.15, -0.1) is 0 Å². The Labute approximate surface area is 161 Å². The van der Waals surface area contributed by atoms with Crippen LogP contribution in [0.3, 0.4) is 0 Å². The number of hydrogen-bond acceptors (Lipinski definition) is 5. The van der Waals surface area contributed by atoms with E-state index in [1.807, 2.05) is 12.1 Å². The van der Waals surface area contributed by atoms with Crippen LogP contribution < -0.4 is 5.73 Å². The maximum atomic E-state index is 12.5. The predicted octanol–water partition coefficient (Wildman–Crippen LogP) is 0.245. The number of fused-ring (bicyclic) bond motifs is 1. The topological polar surface area (TPSA) is 116 Å². The molecule has 3 N–H and O–H groups in total. The van der Waals surface area contributed by atoms with Crippen LogP contribution in [0.1, 0.15) is 5.56 Å². The molecule has 2 aliphatic heterocycles. The lowest BCUT2D eigenvalue weighted by molar-refractivity contribution is -0.130. The Morgan fingerprint density at radius 3 is 2.78 bits per heavy atom. The molecule has 27 heavy (non-hydrogen) atoms. The maximum absolute atomic E-state index is 12.5. The first-order valence-corrected chi connectivity index (χ1v) is 8.92. The lowest BCUT2D eigenvalue weighted by atomic mass is 10.2. The van der Waals surface area contributed by atoms with Gasteiger partial charge in [0.2, 0.25) is 0 Å². The van der Waals surface area contributed by atoms with Crippen molar-refractivity contribution in [3.63, 3.8) is 0 Å². The first-order chi connectivity index (χ1) is 12.9. The zero-order valence-corrected chi connectivity index (χ0v) is 15.3. The van der Waals surface area contributed by atoms with Gasteiger partial charge in [0.05, 0.1) is 32.4 Å². The molecule has 2 saturated heterocycles. The number of piperazine rings is 1. The van der Waals surface area contributed by atoms with Crippen LogP contribution in [-0.4, -0.2) is 82.7 Å². The van der Waals surface area contributed by atoms with E-state index in [-0.39, 0.29) is 39.4 Å². The van der Waals surface area contributed by atoms with E-state index in [2.05, 4.69) is 0 Å². The van der Waals surface area contributed by atoms with Crippen LogP contribution in [0.2, 0.25) is 5.02 Å². The molecule has 0 saturated carbocycles. The van der Waals surface area contributed by atoms with Gasteiger partial charge in [0.1, 0.15) is 6.04 Å². The summed E-state index contributed by atoms with van der Waals surface area (Å²) in [5.74, 6) is -0.448. The Morgan fingerprint density at radius 1 is 1.33 bits per heavy atom. The second-order valence-electron chi connectivity index (χ2n) is 6.49. The summed E-state index contributed by atoms with van der Waals surface area (Å²) in [6.45, 7) is 0.552. The monoisotopic (exact) mass is 396 g/mol. The largest absolute Gasteiger partial charge is 0.389 e. The van der Waals surface area contributed by atoms with Crippen LogP contribution in [0.5, 0.6) is 0 Å². The summed E-state index contributed by atoms with van der Waals surface area (Å²) < 4.78 is 5.44. The number of nitrogens with two attached hydrogens (primary N) is 1. The Bertz CT molecular complexity index is 746. The number of urea groups is 2. The number of amides is 5. The molecule has 2 fully saturated rings. The molecule has 0 aliphatic carbocycles. The second-order valence-corrected chi connectivity index (χ2v) is 6.89. The second kappa shape index (κ2) is 8.12. The minimum absolute atomic E-state index is 0.0552. The lowest BCUT2D eigenvalue weighted by Crippen LogP contribution is -2.55. The number of hydrogen-bond donors (Lipinski definition) is 2. The highest BCUT2D eigenvalue weighted by molar-refractivity contribution is 6.31. The SMILES string of the molecule is NC(=O)N1CCN2C(=O)N(C[C@@H](O)COCc3ccccc3Cl)C(=O)[C@H]2C1. The first kappa shape index (κ1) is 19.4. The molecule has 2 atom stereocenters. The van der Waals surface area contributed by atoms with E-state index in [0.717, 1.165) is 10.5 Å². The van der Waals surface area contributed by atoms with Crippen molar-refractivity contribution in [3.05, 3.63) is 34.9 Å². The number of aliphatic hydroxyl groups excluding tert-OH is 1. The Balaban J connectivity index is 1.52. The summed E-state index contributed by atoms with van der Waals surface area (Å²) in [7, 11) is 0. The van der Waals surface area contributed by atoms with Gasteiger partial charge in [-0.3, -0.25) is 9.69 Å². The van der Waals surface area contributed by atoms with Crippen molar-refractivity contribution < 1.29 is 24.2 Å². The molecule has 10 heteroatoms. The minimum Gasteiger partial charge on any atom is -0.389 e. The summed E-state index contributed by atoms with van der Waals surface area (Å²) in [4.78, 5) is 40.0. The molecule has 0 radical (unpaired) electrons. The zero-order chi connectivity index (χ0) is 19.6. The quantitative estimate of drug-likeness (QED) is 0.668. The number of ether oxygens (including phenoxy) is 1. The van der Waals surface area contributed by atoms with Gasteiger partial charge in [-0.1, -0.05) is 29.8 Å². The highest BCUT2D eigenvalue weighted by Crippen LogP contribution is 2.22. The third kappa shape index (κ3) is 4.15. The van der Waals surface area contributed by atoms with E-state index >= 15 is 0 Å². The van der Waals surface area contributed by atoms with E-state index in [1.165, 1.54) is 9.80 Å². The van der Waals surface area contributed by atoms with Crippen molar-refractivity contribution in [2.24, 2.45) is 5.73 Å². The number of β-amino-alcohol motifs (C(OH)–C–C–N with tert-alkyl or cyclic N) is 1. The third-order valence-electron chi connectivity index (χ3n) is 4.64. The fourth-order valence-corrected chi connectivity index (χ4v) is 3.39. The van der Waals surface area contributed by atoms with E-state index in [1.54, 1.807) is 12.1 Å². The van der Waals surface area contributed by atoms with Crippen LogP contribution in [0, 0.1) is 0 Å². The van der Waals surface area contributed by atoms with E-state index in [9.17, 15) is 19.5 Å². The molecular weight excluding hydrogens is 376 g/mol. The number of imide groups is 1. The van der Waals surface area contributed by atoms with Gasteiger partial charge in [0.15, 0.2) is 0 Å². The Hall–Kier alpha value is -2.36. The van der Waals surface area contributed by atoms with E-state index < -0.39 is 30.1 Å². The van der Waals surface area contributed by atoms with Crippen LogP contribution in [0.15, 0.2) is 24.3 Å². The van der Waals surface area contributed by atoms with E-state index in [0.29, 0.717) is 5.02 Å². The molecule has 0 unspecified atom stereocenters. The average molecular weight is 397 g/mol. The minimum atomic E-state index is -1.03. The fraction of sp³-hybridized carbons (Fsp3) is 0.471. The Kier molecular flexibility index (Phi) is 5.83. The van der Waals surface area contributed by atoms with Gasteiger partial charge < -0.3 is 25.4 Å². The average Bonchev–Trinajstić information content (AvgIpc) is 2.88. The lowest BCUT2D eigenvalue weighted by Gasteiger charge is -2.34. The number of carbonyl (C=O) groups excluding carboxylic acids is 3. The molecule has 0 bridgehead atoms. The summed E-state index contributed by atoms with van der Waals surface area (Å²) in [6.07, 6.45) is -1.03. The van der Waals surface area contributed by atoms with Crippen LogP contribution >= 0.6 is 11.6 Å². The number of rotatable bonds is 6. The number of benzene rings is 1. The van der Waals surface area contributed by atoms with Crippen molar-refractivity contribution in [1.29, 1.82) is 0 Å². The summed E-state index contributed by atoms with van der Waals surface area (Å²) in [5, 5.41) is 10.7. The van der Waals surface area contributed by atoms with Crippen molar-refractivity contribution >= 4 is 29.6 Å². The fourth-order valence-electron chi connectivity index (χ4n) is 3.20. The molecule has 9 nitrogen and oxygen atoms in total. The molecule has 3 rings (SSSR count). The first-order valence-electron chi connectivity index (χ1n) is 8.54. The van der Waals surface area contributed by atoms with Gasteiger partial charge in [-0.05, 0) is 11.6 Å². The van der Waals surface area contributed by atoms with Crippen molar-refractivity contribution in [1.82, 2.24) is 14.7 Å². The maximum Gasteiger partial charge on any atom is 0.327 e. The molecular formula is C17H21ClN4O5. The van der Waals surface area contributed by atoms with Gasteiger partial charge in [-0.25, -0.2) is 9.59 Å². The van der Waals surface area contributed by atoms with Crippen molar-refractivity contribution in [2.45, 2.75) is 18.8 Å². The summed E-state index contributed by atoms with van der Waals surface area (Å²) >= 11 is 6.04. The molecule has 1 aromatic carbocycles. The molecule has 0 spiro atoms. The van der Waals surface area contributed by atoms with Gasteiger partial charge >= 0.3 is 12.1 Å². The van der Waals surface area contributed by atoms with Crippen molar-refractivity contribution in [2.75, 3.05) is 32.8 Å². The summed E-state index contributed by atoms with van der Waals surface area (Å²) in [5.41, 5.74) is 6.03. The zero-order valence-electron chi connectivity index (χ0n) is 14.6. The normalized spacial score (nSPS) is 20.8. The molecule has 2 aliphatic rings. The van der Waals surface area contributed by atoms with Crippen LogP contribution in [0.4, 0.5) is 9.59 Å². The molecule has 1 aromatic rings. The highest BCUT2D eigenvalue weighted by atomic mass is 35.5. The molecule has 5 amide bonds. The van der Waals surface area contributed by atoms with Gasteiger partial charge in [0.25, 0.3) is 5.91 Å². The molecule has 0 aromatic heterocycles. The van der Waals surface area contributed by atoms with Crippen molar-refractivity contribution in [3.8, 4) is 0 Å². The van der Waals surface area contributed by atoms with E-state index in [4.69, 9.17) is 22.1 Å².